The molecule has 1 N–H and O–H groups in total. The molecule has 1 aliphatic carbocycles. The first-order valence-corrected chi connectivity index (χ1v) is 18.2. The smallest absolute Gasteiger partial charge is 0.434 e. The van der Waals surface area contributed by atoms with Crippen LogP contribution in [0.3, 0.4) is 0 Å². The number of carbonyl (C=O) groups is 4. The van der Waals surface area contributed by atoms with Gasteiger partial charge in [-0.3, -0.25) is 14.5 Å². The second-order valence-corrected chi connectivity index (χ2v) is 14.0. The van der Waals surface area contributed by atoms with Gasteiger partial charge in [-0.05, 0) is 83.9 Å². The Bertz CT molecular complexity index is 1370. The second-order valence-electron chi connectivity index (χ2n) is 10.7. The van der Waals surface area contributed by atoms with Gasteiger partial charge in [0.2, 0.25) is 0 Å². The van der Waals surface area contributed by atoms with Crippen LogP contribution in [-0.4, -0.2) is 94.9 Å². The molecule has 266 valence electrons. The molecule has 3 amide bonds. The minimum Gasteiger partial charge on any atom is -0.434 e. The second kappa shape index (κ2) is 19.6. The number of nitrogens with zero attached hydrogens (tertiary/aromatic N) is 4. The zero-order chi connectivity index (χ0) is 36.0. The van der Waals surface area contributed by atoms with E-state index in [-0.39, 0.29) is 18.6 Å². The van der Waals surface area contributed by atoms with E-state index in [2.05, 4.69) is 25.3 Å². The maximum atomic E-state index is 13.0. The fourth-order valence-electron chi connectivity index (χ4n) is 4.63. The van der Waals surface area contributed by atoms with Crippen LogP contribution in [0.25, 0.3) is 5.57 Å². The van der Waals surface area contributed by atoms with Crippen LogP contribution >= 0.6 is 35.7 Å². The third-order valence-corrected chi connectivity index (χ3v) is 9.44. The highest BCUT2D eigenvalue weighted by molar-refractivity contribution is 8.13. The van der Waals surface area contributed by atoms with Crippen molar-refractivity contribution in [1.29, 1.82) is 0 Å². The van der Waals surface area contributed by atoms with E-state index >= 15 is 0 Å². The highest BCUT2D eigenvalue weighted by atomic mass is 32.2. The number of carbonyl (C=O) groups excluding carboxylic acids is 4. The Labute approximate surface area is 294 Å². The summed E-state index contributed by atoms with van der Waals surface area (Å²) in [5.74, 6) is 0.174. The Morgan fingerprint density at radius 1 is 0.979 bits per heavy atom. The van der Waals surface area contributed by atoms with Crippen molar-refractivity contribution in [2.24, 2.45) is 10.3 Å². The van der Waals surface area contributed by atoms with E-state index in [1.807, 2.05) is 44.6 Å². The Hall–Kier alpha value is -3.41. The van der Waals surface area contributed by atoms with Crippen molar-refractivity contribution in [2.45, 2.75) is 71.9 Å². The van der Waals surface area contributed by atoms with E-state index in [0.29, 0.717) is 34.3 Å². The van der Waals surface area contributed by atoms with E-state index in [4.69, 9.17) is 14.2 Å². The lowest BCUT2D eigenvalue weighted by Crippen LogP contribution is -2.49. The van der Waals surface area contributed by atoms with Crippen molar-refractivity contribution >= 4 is 75.6 Å². The Balaban J connectivity index is 0.000000347. The van der Waals surface area contributed by atoms with Gasteiger partial charge in [-0.25, -0.2) is 23.0 Å². The van der Waals surface area contributed by atoms with Crippen molar-refractivity contribution in [3.63, 3.8) is 0 Å². The van der Waals surface area contributed by atoms with E-state index in [0.717, 1.165) is 50.3 Å². The number of nitrogens with one attached hydrogen (secondary N) is 1. The number of hydrogen-bond donors (Lipinski definition) is 1. The number of amides is 3. The molecule has 1 aliphatic heterocycles. The van der Waals surface area contributed by atoms with Gasteiger partial charge in [-0.1, -0.05) is 34.1 Å². The Kier molecular flexibility index (Phi) is 16.6. The van der Waals surface area contributed by atoms with Crippen LogP contribution in [0, 0.1) is 13.8 Å². The third-order valence-electron chi connectivity index (χ3n) is 7.33. The normalized spacial score (nSPS) is 19.2. The van der Waals surface area contributed by atoms with Gasteiger partial charge in [-0.15, -0.1) is 23.5 Å². The largest absolute Gasteiger partial charge is 0.513 e. The van der Waals surface area contributed by atoms with Gasteiger partial charge >= 0.3 is 18.3 Å². The average molecular weight is 728 g/mol. The number of ether oxygens (including phenoxy) is 3. The van der Waals surface area contributed by atoms with E-state index < -0.39 is 23.9 Å². The van der Waals surface area contributed by atoms with Gasteiger partial charge in [0.1, 0.15) is 15.8 Å². The fourth-order valence-corrected chi connectivity index (χ4v) is 5.42. The van der Waals surface area contributed by atoms with Gasteiger partial charge in [-0.2, -0.15) is 0 Å². The molecule has 1 saturated carbocycles. The van der Waals surface area contributed by atoms with Crippen molar-refractivity contribution in [3.05, 3.63) is 40.6 Å². The topological polar surface area (TPSA) is 158 Å². The quantitative estimate of drug-likeness (QED) is 0.0754. The minimum absolute atomic E-state index is 0.154. The molecule has 2 aliphatic rings. The van der Waals surface area contributed by atoms with E-state index in [9.17, 15) is 19.2 Å². The molecule has 0 radical (unpaired) electrons. The standard InChI is InChI=1S/C21H27NO5.C10H18N4O4S3/c1-5-26-20(24)27-18-17(16-12-13(2)6-7-14(16)3)19(23)22-21(18)10-8-15(25-4)9-11-21;1-7(19-5)11-17-9(15)13(3)21-14(4)10(16)18-12-8(2)20-6/h6-7,12,15H,5,8-11H2,1-4H3,(H,22,23);1-6H3/b;11-7-,12-8-. The van der Waals surface area contributed by atoms with Crippen molar-refractivity contribution in [3.8, 4) is 0 Å². The van der Waals surface area contributed by atoms with Gasteiger partial charge in [0.25, 0.3) is 5.91 Å². The first kappa shape index (κ1) is 40.8. The molecule has 48 heavy (non-hydrogen) atoms. The van der Waals surface area contributed by atoms with Crippen LogP contribution in [0.1, 0.15) is 63.1 Å². The molecular weight excluding hydrogens is 683 g/mol. The molecule has 0 unspecified atom stereocenters. The average Bonchev–Trinajstić information content (AvgIpc) is 3.32. The lowest BCUT2D eigenvalue weighted by Gasteiger charge is -2.37. The number of thioether (sulfide) groups is 2. The van der Waals surface area contributed by atoms with Gasteiger partial charge in [0.15, 0.2) is 0 Å². The van der Waals surface area contributed by atoms with Crippen LogP contribution in [-0.2, 0) is 28.7 Å². The Morgan fingerprint density at radius 2 is 1.52 bits per heavy atom. The zero-order valence-corrected chi connectivity index (χ0v) is 31.5. The maximum Gasteiger partial charge on any atom is 0.513 e. The molecule has 1 fully saturated rings. The predicted octanol–water partition coefficient (Wildman–Crippen LogP) is 6.72. The summed E-state index contributed by atoms with van der Waals surface area (Å²) < 4.78 is 18.3. The number of methoxy groups -OCH3 is 1. The number of aryl methyl sites for hydroxylation is 2. The lowest BCUT2D eigenvalue weighted by atomic mass is 9.79. The summed E-state index contributed by atoms with van der Waals surface area (Å²) in [5.41, 5.74) is 2.52. The van der Waals surface area contributed by atoms with Crippen molar-refractivity contribution < 1.29 is 43.1 Å². The molecule has 1 aromatic carbocycles. The SMILES string of the molecule is CCOC(=O)OC1=C(c2cc(C)ccc2C)C(=O)NC12CCC(OC)CC2.CS/C(C)=N\OC(=O)N(C)SN(C)C(=O)O/N=C(/C)SC. The van der Waals surface area contributed by atoms with Crippen LogP contribution in [0.5, 0.6) is 0 Å². The molecule has 0 atom stereocenters. The summed E-state index contributed by atoms with van der Waals surface area (Å²) in [5, 5.41) is 11.5. The van der Waals surface area contributed by atoms with Gasteiger partial charge < -0.3 is 19.5 Å². The van der Waals surface area contributed by atoms with Gasteiger partial charge in [0, 0.05) is 21.2 Å². The van der Waals surface area contributed by atoms with E-state index in [1.165, 1.54) is 37.6 Å². The molecule has 14 nitrogen and oxygen atoms in total. The molecule has 0 bridgehead atoms. The number of rotatable bonds is 8. The summed E-state index contributed by atoms with van der Waals surface area (Å²) in [7, 11) is 4.58. The predicted molar refractivity (Wildman–Crippen MR) is 190 cm³/mol. The molecular formula is C31H45N5O9S3. The first-order valence-electron chi connectivity index (χ1n) is 15.0. The summed E-state index contributed by atoms with van der Waals surface area (Å²) >= 11 is 3.51. The minimum atomic E-state index is -0.778. The van der Waals surface area contributed by atoms with Crippen LogP contribution in [0.2, 0.25) is 0 Å². The van der Waals surface area contributed by atoms with Crippen LogP contribution < -0.4 is 5.32 Å². The highest BCUT2D eigenvalue weighted by Gasteiger charge is 2.50. The third kappa shape index (κ3) is 11.6. The van der Waals surface area contributed by atoms with Crippen LogP contribution in [0.15, 0.2) is 34.3 Å². The fraction of sp³-hybridized carbons (Fsp3) is 0.548. The molecule has 17 heteroatoms. The monoisotopic (exact) mass is 727 g/mol. The molecule has 3 rings (SSSR count). The van der Waals surface area contributed by atoms with Crippen molar-refractivity contribution in [1.82, 2.24) is 13.9 Å². The maximum absolute atomic E-state index is 13.0. The summed E-state index contributed by atoms with van der Waals surface area (Å²) in [6.07, 6.45) is 4.45. The summed E-state index contributed by atoms with van der Waals surface area (Å²) in [6.45, 7) is 9.27. The molecule has 1 heterocycles. The zero-order valence-electron chi connectivity index (χ0n) is 29.0. The van der Waals surface area contributed by atoms with Crippen molar-refractivity contribution in [2.75, 3.05) is 40.3 Å². The summed E-state index contributed by atoms with van der Waals surface area (Å²) in [4.78, 5) is 57.7. The number of benzene rings is 1. The lowest BCUT2D eigenvalue weighted by molar-refractivity contribution is -0.116. The van der Waals surface area contributed by atoms with Gasteiger partial charge in [0.05, 0.1) is 36.0 Å². The molecule has 0 saturated heterocycles. The summed E-state index contributed by atoms with van der Waals surface area (Å²) in [6, 6.07) is 5.93. The number of hydrogen-bond acceptors (Lipinski definition) is 14. The van der Waals surface area contributed by atoms with Crippen LogP contribution in [0.4, 0.5) is 14.4 Å². The first-order chi connectivity index (χ1) is 22.7. The number of oxime groups is 2. The van der Waals surface area contributed by atoms with E-state index in [1.54, 1.807) is 27.9 Å². The molecule has 0 aromatic heterocycles. The molecule has 1 aromatic rings. The Morgan fingerprint density at radius 3 is 2.00 bits per heavy atom. The highest BCUT2D eigenvalue weighted by Crippen LogP contribution is 2.44. The molecule has 1 spiro atoms.